The molecule has 0 bridgehead atoms. The number of carbonyl (C=O) groups excluding carboxylic acids is 1. The predicted octanol–water partition coefficient (Wildman–Crippen LogP) is 3.27. The Morgan fingerprint density at radius 3 is 2.50 bits per heavy atom. The van der Waals surface area contributed by atoms with Crippen molar-refractivity contribution in [2.24, 2.45) is 5.92 Å². The molecule has 28 heavy (non-hydrogen) atoms. The zero-order valence-corrected chi connectivity index (χ0v) is 16.1. The zero-order chi connectivity index (χ0) is 19.7. The number of carbonyl (C=O) groups is 1. The average Bonchev–Trinajstić information content (AvgIpc) is 2.74. The maximum Gasteiger partial charge on any atom is 0.279 e. The van der Waals surface area contributed by atoms with Gasteiger partial charge in [0.25, 0.3) is 11.5 Å². The van der Waals surface area contributed by atoms with Gasteiger partial charge in [0, 0.05) is 18.5 Å². The molecule has 1 saturated heterocycles. The second kappa shape index (κ2) is 7.46. The molecular weight excluding hydrogens is 354 g/mol. The Morgan fingerprint density at radius 2 is 1.82 bits per heavy atom. The largest absolute Gasteiger partial charge is 0.497 e. The minimum Gasteiger partial charge on any atom is -0.497 e. The molecule has 2 aromatic carbocycles. The highest BCUT2D eigenvalue weighted by Gasteiger charge is 2.26. The second-order valence-electron chi connectivity index (χ2n) is 7.31. The zero-order valence-electron chi connectivity index (χ0n) is 16.1. The highest BCUT2D eigenvalue weighted by Crippen LogP contribution is 2.21. The molecule has 6 heteroatoms. The van der Waals surface area contributed by atoms with Crippen molar-refractivity contribution in [1.29, 1.82) is 0 Å². The Balaban J connectivity index is 1.86. The van der Waals surface area contributed by atoms with E-state index in [9.17, 15) is 9.59 Å². The van der Waals surface area contributed by atoms with Crippen molar-refractivity contribution in [1.82, 2.24) is 14.7 Å². The van der Waals surface area contributed by atoms with Gasteiger partial charge in [-0.25, -0.2) is 0 Å². The Bertz CT molecular complexity index is 1070. The molecular formula is C22H23N3O3. The van der Waals surface area contributed by atoms with Gasteiger partial charge in [0.05, 0.1) is 18.2 Å². The summed E-state index contributed by atoms with van der Waals surface area (Å²) in [4.78, 5) is 28.2. The molecule has 0 saturated carbocycles. The number of rotatable bonds is 3. The van der Waals surface area contributed by atoms with Crippen LogP contribution in [0.2, 0.25) is 0 Å². The summed E-state index contributed by atoms with van der Waals surface area (Å²) in [7, 11) is 1.59. The monoisotopic (exact) mass is 377 g/mol. The first-order chi connectivity index (χ1) is 13.6. The number of methoxy groups -OCH3 is 1. The lowest BCUT2D eigenvalue weighted by Gasteiger charge is -2.31. The molecule has 0 radical (unpaired) electrons. The number of likely N-dealkylation sites (tertiary alicyclic amines) is 1. The van der Waals surface area contributed by atoms with Gasteiger partial charge in [-0.15, -0.1) is 0 Å². The molecule has 1 fully saturated rings. The summed E-state index contributed by atoms with van der Waals surface area (Å²) in [5.41, 5.74) is 0.669. The molecule has 6 nitrogen and oxygen atoms in total. The number of amides is 1. The van der Waals surface area contributed by atoms with Crippen LogP contribution in [0.25, 0.3) is 16.5 Å². The van der Waals surface area contributed by atoms with Crippen molar-refractivity contribution in [2.75, 3.05) is 20.2 Å². The van der Waals surface area contributed by atoms with E-state index in [0.717, 1.165) is 25.9 Å². The molecule has 0 spiro atoms. The molecule has 2 heterocycles. The Morgan fingerprint density at radius 1 is 1.11 bits per heavy atom. The fraction of sp³-hybridized carbons (Fsp3) is 0.318. The molecule has 1 amide bonds. The molecule has 0 unspecified atom stereocenters. The molecule has 3 aromatic rings. The van der Waals surface area contributed by atoms with E-state index in [4.69, 9.17) is 4.74 Å². The van der Waals surface area contributed by atoms with E-state index in [1.807, 2.05) is 11.0 Å². The van der Waals surface area contributed by atoms with Crippen molar-refractivity contribution in [2.45, 2.75) is 19.8 Å². The number of hydrogen-bond acceptors (Lipinski definition) is 4. The number of piperidine rings is 1. The fourth-order valence-electron chi connectivity index (χ4n) is 3.77. The first-order valence-electron chi connectivity index (χ1n) is 9.54. The Hall–Kier alpha value is -3.15. The minimum absolute atomic E-state index is 0.120. The average molecular weight is 377 g/mol. The van der Waals surface area contributed by atoms with Crippen molar-refractivity contribution >= 4 is 16.7 Å². The van der Waals surface area contributed by atoms with Gasteiger partial charge in [0.15, 0.2) is 5.69 Å². The van der Waals surface area contributed by atoms with Crippen LogP contribution >= 0.6 is 0 Å². The van der Waals surface area contributed by atoms with Crippen LogP contribution in [0.3, 0.4) is 0 Å². The lowest BCUT2D eigenvalue weighted by molar-refractivity contribution is 0.0677. The summed E-state index contributed by atoms with van der Waals surface area (Å²) in [6.45, 7) is 3.60. The minimum atomic E-state index is -0.246. The molecule has 4 rings (SSSR count). The summed E-state index contributed by atoms with van der Waals surface area (Å²) < 4.78 is 6.50. The van der Waals surface area contributed by atoms with Gasteiger partial charge in [0.2, 0.25) is 0 Å². The summed E-state index contributed by atoms with van der Waals surface area (Å²) in [5.74, 6) is 1.04. The van der Waals surface area contributed by atoms with Crippen LogP contribution in [0.4, 0.5) is 0 Å². The number of aromatic nitrogens is 2. The van der Waals surface area contributed by atoms with Crippen LogP contribution in [0, 0.1) is 5.92 Å². The summed E-state index contributed by atoms with van der Waals surface area (Å²) in [6, 6.07) is 14.2. The van der Waals surface area contributed by atoms with E-state index in [0.29, 0.717) is 33.8 Å². The third-order valence-electron chi connectivity index (χ3n) is 5.27. The number of nitrogens with zero attached hydrogens (tertiary/aromatic N) is 3. The molecule has 1 aromatic heterocycles. The number of benzene rings is 2. The van der Waals surface area contributed by atoms with Crippen LogP contribution in [-0.2, 0) is 0 Å². The summed E-state index contributed by atoms with van der Waals surface area (Å²) in [5, 5.41) is 5.58. The van der Waals surface area contributed by atoms with Crippen molar-refractivity contribution < 1.29 is 9.53 Å². The van der Waals surface area contributed by atoms with E-state index >= 15 is 0 Å². The van der Waals surface area contributed by atoms with Crippen LogP contribution in [0.15, 0.2) is 53.3 Å². The second-order valence-corrected chi connectivity index (χ2v) is 7.31. The van der Waals surface area contributed by atoms with Gasteiger partial charge < -0.3 is 9.64 Å². The smallest absolute Gasteiger partial charge is 0.279 e. The third kappa shape index (κ3) is 3.26. The van der Waals surface area contributed by atoms with Gasteiger partial charge in [0.1, 0.15) is 5.75 Å². The molecule has 1 atom stereocenters. The number of fused-ring (bicyclic) bond motifs is 1. The first-order valence-corrected chi connectivity index (χ1v) is 9.54. The molecule has 1 aliphatic rings. The van der Waals surface area contributed by atoms with E-state index in [1.165, 1.54) is 4.68 Å². The summed E-state index contributed by atoms with van der Waals surface area (Å²) >= 11 is 0. The van der Waals surface area contributed by atoms with Crippen molar-refractivity contribution in [3.8, 4) is 11.4 Å². The van der Waals surface area contributed by atoms with E-state index in [2.05, 4.69) is 12.0 Å². The maximum atomic E-state index is 13.3. The maximum absolute atomic E-state index is 13.3. The van der Waals surface area contributed by atoms with Gasteiger partial charge in [-0.3, -0.25) is 9.59 Å². The van der Waals surface area contributed by atoms with Crippen LogP contribution < -0.4 is 10.3 Å². The Kier molecular flexibility index (Phi) is 4.86. The standard InChI is InChI=1S/C22H23N3O3/c1-15-6-5-13-24(14-15)22(27)20-18-7-3-4-8-19(18)21(26)25(23-20)16-9-11-17(28-2)12-10-16/h3-4,7-12,15H,5-6,13-14H2,1-2H3/t15-/m0/s1. The topological polar surface area (TPSA) is 64.4 Å². The predicted molar refractivity (Wildman–Crippen MR) is 108 cm³/mol. The van der Waals surface area contributed by atoms with Gasteiger partial charge in [-0.05, 0) is 49.1 Å². The van der Waals surface area contributed by atoms with Crippen LogP contribution in [0.1, 0.15) is 30.3 Å². The normalized spacial score (nSPS) is 16.9. The molecule has 0 aliphatic carbocycles. The summed E-state index contributed by atoms with van der Waals surface area (Å²) in [6.07, 6.45) is 2.12. The van der Waals surface area contributed by atoms with Crippen molar-refractivity contribution in [3.05, 3.63) is 64.6 Å². The number of hydrogen-bond donors (Lipinski definition) is 0. The Labute approximate surface area is 163 Å². The van der Waals surface area contributed by atoms with Gasteiger partial charge >= 0.3 is 0 Å². The van der Waals surface area contributed by atoms with Gasteiger partial charge in [-0.1, -0.05) is 25.1 Å². The number of ether oxygens (including phenoxy) is 1. The lowest BCUT2D eigenvalue weighted by Crippen LogP contribution is -2.40. The van der Waals surface area contributed by atoms with Crippen molar-refractivity contribution in [3.63, 3.8) is 0 Å². The SMILES string of the molecule is COc1ccc(-n2nc(C(=O)N3CCC[C@H](C)C3)c3ccccc3c2=O)cc1. The van der Waals surface area contributed by atoms with E-state index in [-0.39, 0.29) is 11.5 Å². The molecule has 0 N–H and O–H groups in total. The van der Waals surface area contributed by atoms with E-state index in [1.54, 1.807) is 49.6 Å². The highest BCUT2D eigenvalue weighted by molar-refractivity contribution is 6.04. The van der Waals surface area contributed by atoms with E-state index < -0.39 is 0 Å². The first kappa shape index (κ1) is 18.2. The molecule has 1 aliphatic heterocycles. The lowest BCUT2D eigenvalue weighted by atomic mass is 9.99. The quantitative estimate of drug-likeness (QED) is 0.703. The van der Waals surface area contributed by atoms with Crippen LogP contribution in [-0.4, -0.2) is 40.8 Å². The highest BCUT2D eigenvalue weighted by atomic mass is 16.5. The fourth-order valence-corrected chi connectivity index (χ4v) is 3.77. The molecule has 144 valence electrons. The van der Waals surface area contributed by atoms with Crippen LogP contribution in [0.5, 0.6) is 5.75 Å². The third-order valence-corrected chi connectivity index (χ3v) is 5.27. The van der Waals surface area contributed by atoms with Gasteiger partial charge in [-0.2, -0.15) is 9.78 Å².